The van der Waals surface area contributed by atoms with Gasteiger partial charge in [0.15, 0.2) is 0 Å². The van der Waals surface area contributed by atoms with Gasteiger partial charge in [0, 0.05) is 13.1 Å². The summed E-state index contributed by atoms with van der Waals surface area (Å²) in [6, 6.07) is 0. The standard InChI is InChI=1S/C13H25N5/c1-5-11-12(6-2)16-17-13(15-11)14-9-10-18(7-3)8-4/h5-10H2,1-4H3,(H,14,15,17). The summed E-state index contributed by atoms with van der Waals surface area (Å²) >= 11 is 0. The summed E-state index contributed by atoms with van der Waals surface area (Å²) in [7, 11) is 0. The van der Waals surface area contributed by atoms with E-state index in [1.807, 2.05) is 0 Å². The van der Waals surface area contributed by atoms with Crippen LogP contribution < -0.4 is 5.32 Å². The average molecular weight is 251 g/mol. The summed E-state index contributed by atoms with van der Waals surface area (Å²) in [5.41, 5.74) is 2.06. The van der Waals surface area contributed by atoms with Gasteiger partial charge >= 0.3 is 0 Å². The maximum absolute atomic E-state index is 4.51. The first kappa shape index (κ1) is 14.8. The highest BCUT2D eigenvalue weighted by molar-refractivity contribution is 5.25. The van der Waals surface area contributed by atoms with Gasteiger partial charge in [-0.25, -0.2) is 4.98 Å². The number of nitrogens with zero attached hydrogens (tertiary/aromatic N) is 4. The van der Waals surface area contributed by atoms with E-state index in [1.54, 1.807) is 0 Å². The number of rotatable bonds is 8. The SMILES string of the molecule is CCc1nnc(NCCN(CC)CC)nc1CC. The molecule has 1 aromatic rings. The highest BCUT2D eigenvalue weighted by atomic mass is 15.2. The molecule has 1 rings (SSSR count). The summed E-state index contributed by atoms with van der Waals surface area (Å²) < 4.78 is 0. The second kappa shape index (κ2) is 7.97. The molecule has 0 saturated heterocycles. The highest BCUT2D eigenvalue weighted by Crippen LogP contribution is 2.06. The zero-order valence-corrected chi connectivity index (χ0v) is 12.0. The number of hydrogen-bond acceptors (Lipinski definition) is 5. The van der Waals surface area contributed by atoms with Gasteiger partial charge in [0.05, 0.1) is 11.4 Å². The second-order valence-corrected chi connectivity index (χ2v) is 4.19. The van der Waals surface area contributed by atoms with Crippen LogP contribution in [-0.2, 0) is 12.8 Å². The zero-order chi connectivity index (χ0) is 13.4. The van der Waals surface area contributed by atoms with E-state index in [-0.39, 0.29) is 0 Å². The molecule has 0 aliphatic heterocycles. The normalized spacial score (nSPS) is 10.9. The smallest absolute Gasteiger partial charge is 0.243 e. The Morgan fingerprint density at radius 2 is 1.61 bits per heavy atom. The van der Waals surface area contributed by atoms with Crippen LogP contribution in [0, 0.1) is 0 Å². The van der Waals surface area contributed by atoms with Crippen molar-refractivity contribution in [3.05, 3.63) is 11.4 Å². The summed E-state index contributed by atoms with van der Waals surface area (Å²) in [5, 5.41) is 11.6. The van der Waals surface area contributed by atoms with E-state index < -0.39 is 0 Å². The summed E-state index contributed by atoms with van der Waals surface area (Å²) in [4.78, 5) is 6.87. The molecule has 1 N–H and O–H groups in total. The minimum Gasteiger partial charge on any atom is -0.352 e. The first-order valence-electron chi connectivity index (χ1n) is 6.93. The Morgan fingerprint density at radius 1 is 0.944 bits per heavy atom. The molecule has 0 aliphatic carbocycles. The van der Waals surface area contributed by atoms with Gasteiger partial charge < -0.3 is 10.2 Å². The fourth-order valence-electron chi connectivity index (χ4n) is 1.88. The van der Waals surface area contributed by atoms with Gasteiger partial charge in [0.2, 0.25) is 5.95 Å². The molecule has 0 saturated carbocycles. The van der Waals surface area contributed by atoms with E-state index >= 15 is 0 Å². The molecule has 0 bridgehead atoms. The zero-order valence-electron chi connectivity index (χ0n) is 12.0. The lowest BCUT2D eigenvalue weighted by molar-refractivity contribution is 0.315. The summed E-state index contributed by atoms with van der Waals surface area (Å²) in [6.45, 7) is 12.5. The van der Waals surface area contributed by atoms with Gasteiger partial charge in [-0.1, -0.05) is 27.7 Å². The molecule has 0 fully saturated rings. The van der Waals surface area contributed by atoms with Crippen LogP contribution >= 0.6 is 0 Å². The number of aryl methyl sites for hydroxylation is 2. The maximum Gasteiger partial charge on any atom is 0.243 e. The predicted molar refractivity (Wildman–Crippen MR) is 74.9 cm³/mol. The topological polar surface area (TPSA) is 53.9 Å². The van der Waals surface area contributed by atoms with Gasteiger partial charge in [0.25, 0.3) is 0 Å². The van der Waals surface area contributed by atoms with Crippen molar-refractivity contribution in [1.82, 2.24) is 20.1 Å². The predicted octanol–water partition coefficient (Wildman–Crippen LogP) is 1.75. The number of nitrogens with one attached hydrogen (secondary N) is 1. The van der Waals surface area contributed by atoms with Crippen LogP contribution in [-0.4, -0.2) is 46.3 Å². The number of anilines is 1. The number of likely N-dealkylation sites (N-methyl/N-ethyl adjacent to an activating group) is 1. The molecule has 1 aromatic heterocycles. The Kier molecular flexibility index (Phi) is 6.57. The van der Waals surface area contributed by atoms with Gasteiger partial charge in [0.1, 0.15) is 0 Å². The molecular formula is C13H25N5. The number of hydrogen-bond donors (Lipinski definition) is 1. The maximum atomic E-state index is 4.51. The average Bonchev–Trinajstić information content (AvgIpc) is 2.43. The van der Waals surface area contributed by atoms with Crippen molar-refractivity contribution < 1.29 is 0 Å². The van der Waals surface area contributed by atoms with E-state index in [9.17, 15) is 0 Å². The summed E-state index contributed by atoms with van der Waals surface area (Å²) in [5.74, 6) is 0.649. The minimum atomic E-state index is 0.649. The Morgan fingerprint density at radius 3 is 2.17 bits per heavy atom. The molecule has 1 heterocycles. The Labute approximate surface area is 110 Å². The largest absolute Gasteiger partial charge is 0.352 e. The highest BCUT2D eigenvalue weighted by Gasteiger charge is 2.06. The molecule has 0 radical (unpaired) electrons. The van der Waals surface area contributed by atoms with Crippen LogP contribution in [0.2, 0.25) is 0 Å². The second-order valence-electron chi connectivity index (χ2n) is 4.19. The van der Waals surface area contributed by atoms with E-state index in [0.717, 1.165) is 50.4 Å². The Bertz CT molecular complexity index is 349. The van der Waals surface area contributed by atoms with E-state index in [1.165, 1.54) is 0 Å². The third-order valence-electron chi connectivity index (χ3n) is 3.11. The fraction of sp³-hybridized carbons (Fsp3) is 0.769. The van der Waals surface area contributed by atoms with Gasteiger partial charge in [-0.3, -0.25) is 0 Å². The number of aromatic nitrogens is 3. The molecule has 0 atom stereocenters. The molecule has 0 unspecified atom stereocenters. The van der Waals surface area contributed by atoms with Gasteiger partial charge in [-0.15, -0.1) is 5.10 Å². The first-order valence-corrected chi connectivity index (χ1v) is 6.93. The lowest BCUT2D eigenvalue weighted by Gasteiger charge is -2.17. The lowest BCUT2D eigenvalue weighted by Crippen LogP contribution is -2.29. The molecular weight excluding hydrogens is 226 g/mol. The van der Waals surface area contributed by atoms with Crippen LogP contribution in [0.1, 0.15) is 39.1 Å². The van der Waals surface area contributed by atoms with Crippen molar-refractivity contribution in [3.8, 4) is 0 Å². The molecule has 0 aromatic carbocycles. The lowest BCUT2D eigenvalue weighted by atomic mass is 10.2. The molecule has 18 heavy (non-hydrogen) atoms. The monoisotopic (exact) mass is 251 g/mol. The molecule has 0 amide bonds. The van der Waals surface area contributed by atoms with Crippen LogP contribution in [0.25, 0.3) is 0 Å². The van der Waals surface area contributed by atoms with Crippen molar-refractivity contribution in [3.63, 3.8) is 0 Å². The molecule has 5 heteroatoms. The van der Waals surface area contributed by atoms with Crippen LogP contribution in [0.3, 0.4) is 0 Å². The fourth-order valence-corrected chi connectivity index (χ4v) is 1.88. The molecule has 0 spiro atoms. The molecule has 102 valence electrons. The van der Waals surface area contributed by atoms with Gasteiger partial charge in [-0.05, 0) is 25.9 Å². The first-order chi connectivity index (χ1) is 8.74. The summed E-state index contributed by atoms with van der Waals surface area (Å²) in [6.07, 6.45) is 1.80. The molecule has 0 aliphatic rings. The van der Waals surface area contributed by atoms with Crippen molar-refractivity contribution in [1.29, 1.82) is 0 Å². The molecule has 5 nitrogen and oxygen atoms in total. The van der Waals surface area contributed by atoms with Crippen molar-refractivity contribution in [2.24, 2.45) is 0 Å². The Balaban J connectivity index is 2.52. The minimum absolute atomic E-state index is 0.649. The quantitative estimate of drug-likeness (QED) is 0.763. The Hall–Kier alpha value is -1.23. The van der Waals surface area contributed by atoms with Crippen molar-refractivity contribution >= 4 is 5.95 Å². The third-order valence-corrected chi connectivity index (χ3v) is 3.11. The van der Waals surface area contributed by atoms with Crippen molar-refractivity contribution in [2.45, 2.75) is 40.5 Å². The van der Waals surface area contributed by atoms with E-state index in [4.69, 9.17) is 0 Å². The van der Waals surface area contributed by atoms with Crippen LogP contribution in [0.15, 0.2) is 0 Å². The van der Waals surface area contributed by atoms with Crippen molar-refractivity contribution in [2.75, 3.05) is 31.5 Å². The third kappa shape index (κ3) is 4.22. The van der Waals surface area contributed by atoms with E-state index in [0.29, 0.717) is 5.95 Å². The van der Waals surface area contributed by atoms with Gasteiger partial charge in [-0.2, -0.15) is 5.10 Å². The van der Waals surface area contributed by atoms with Crippen LogP contribution in [0.4, 0.5) is 5.95 Å². The van der Waals surface area contributed by atoms with Crippen LogP contribution in [0.5, 0.6) is 0 Å². The van der Waals surface area contributed by atoms with E-state index in [2.05, 4.69) is 53.1 Å².